The van der Waals surface area contributed by atoms with E-state index >= 15 is 0 Å². The van der Waals surface area contributed by atoms with Gasteiger partial charge in [-0.2, -0.15) is 5.26 Å². The maximum absolute atomic E-state index is 9.25. The van der Waals surface area contributed by atoms with Gasteiger partial charge in [-0.3, -0.25) is 9.80 Å². The fourth-order valence-corrected chi connectivity index (χ4v) is 4.38. The van der Waals surface area contributed by atoms with Crippen LogP contribution in [0.5, 0.6) is 0 Å². The number of benzene rings is 1. The fourth-order valence-electron chi connectivity index (χ4n) is 4.27. The van der Waals surface area contributed by atoms with Crippen molar-refractivity contribution in [3.8, 4) is 6.07 Å². The van der Waals surface area contributed by atoms with E-state index in [9.17, 15) is 5.26 Å². The van der Waals surface area contributed by atoms with Gasteiger partial charge in [-0.05, 0) is 44.5 Å². The Balaban J connectivity index is 0.000000181. The molecule has 0 amide bonds. The lowest BCUT2D eigenvalue weighted by molar-refractivity contribution is 0.0179. The molecule has 7 heteroatoms. The van der Waals surface area contributed by atoms with Crippen molar-refractivity contribution in [2.45, 2.75) is 38.3 Å². The van der Waals surface area contributed by atoms with Gasteiger partial charge < -0.3 is 10.5 Å². The Kier molecular flexibility index (Phi) is 9.91. The number of hydrogen-bond acceptors (Lipinski definition) is 6. The van der Waals surface area contributed by atoms with Crippen LogP contribution in [0.3, 0.4) is 0 Å². The van der Waals surface area contributed by atoms with Gasteiger partial charge in [-0.15, -0.1) is 0 Å². The topological polar surface area (TPSA) is 78.4 Å². The van der Waals surface area contributed by atoms with Gasteiger partial charge in [0.15, 0.2) is 0 Å². The molecule has 1 aromatic carbocycles. The quantitative estimate of drug-likeness (QED) is 0.683. The predicted molar refractivity (Wildman–Crippen MR) is 128 cm³/mol. The minimum atomic E-state index is -0.176. The van der Waals surface area contributed by atoms with Crippen LogP contribution in [0.25, 0.3) is 0 Å². The van der Waals surface area contributed by atoms with E-state index in [0.717, 1.165) is 45.0 Å². The molecule has 2 aliphatic rings. The number of morpholine rings is 1. The van der Waals surface area contributed by atoms with Crippen molar-refractivity contribution in [2.75, 3.05) is 45.9 Å². The molecule has 2 saturated heterocycles. The van der Waals surface area contributed by atoms with Gasteiger partial charge in [-0.1, -0.05) is 53.9 Å². The molecular formula is C25H34ClN5O. The van der Waals surface area contributed by atoms with Crippen molar-refractivity contribution in [3.63, 3.8) is 0 Å². The maximum atomic E-state index is 9.25. The summed E-state index contributed by atoms with van der Waals surface area (Å²) in [6, 6.07) is 14.8. The summed E-state index contributed by atoms with van der Waals surface area (Å²) >= 11 is 5.74. The molecule has 1 aromatic heterocycles. The Labute approximate surface area is 196 Å². The zero-order valence-electron chi connectivity index (χ0n) is 18.9. The molecule has 2 aromatic rings. The third kappa shape index (κ3) is 6.99. The van der Waals surface area contributed by atoms with Gasteiger partial charge in [0.05, 0.1) is 19.3 Å². The lowest BCUT2D eigenvalue weighted by Gasteiger charge is -2.34. The lowest BCUT2D eigenvalue weighted by atomic mass is 10.0. The summed E-state index contributed by atoms with van der Waals surface area (Å²) in [6.45, 7) is 8.39. The van der Waals surface area contributed by atoms with Gasteiger partial charge in [0, 0.05) is 37.4 Å². The summed E-state index contributed by atoms with van der Waals surface area (Å²) in [5.41, 5.74) is 9.44. The van der Waals surface area contributed by atoms with E-state index in [-0.39, 0.29) is 6.04 Å². The average molecular weight is 456 g/mol. The van der Waals surface area contributed by atoms with Gasteiger partial charge in [-0.25, -0.2) is 4.98 Å². The molecule has 2 fully saturated rings. The Morgan fingerprint density at radius 3 is 2.22 bits per heavy atom. The SMILES string of the molecule is Cc1ccc(C(CN)N2CCOCC2)cc1.N#CC(c1ccc(Cl)nc1)N1CCCCC1. The maximum Gasteiger partial charge on any atom is 0.129 e. The number of rotatable bonds is 5. The van der Waals surface area contributed by atoms with Crippen LogP contribution in [0.2, 0.25) is 5.15 Å². The fraction of sp³-hybridized carbons (Fsp3) is 0.520. The summed E-state index contributed by atoms with van der Waals surface area (Å²) in [5, 5.41) is 9.72. The van der Waals surface area contributed by atoms with Gasteiger partial charge in [0.1, 0.15) is 11.2 Å². The average Bonchev–Trinajstić information content (AvgIpc) is 2.84. The predicted octanol–water partition coefficient (Wildman–Crippen LogP) is 4.11. The van der Waals surface area contributed by atoms with E-state index in [1.54, 1.807) is 12.3 Å². The van der Waals surface area contributed by atoms with Crippen LogP contribution in [0.1, 0.15) is 48.0 Å². The van der Waals surface area contributed by atoms with Gasteiger partial charge in [0.2, 0.25) is 0 Å². The number of hydrogen-bond donors (Lipinski definition) is 1. The Bertz CT molecular complexity index is 840. The molecular weight excluding hydrogens is 422 g/mol. The summed E-state index contributed by atoms with van der Waals surface area (Å²) in [7, 11) is 0. The molecule has 2 unspecified atom stereocenters. The molecule has 0 radical (unpaired) electrons. The first-order chi connectivity index (χ1) is 15.6. The van der Waals surface area contributed by atoms with Crippen molar-refractivity contribution < 1.29 is 4.74 Å². The molecule has 4 rings (SSSR count). The molecule has 3 heterocycles. The highest BCUT2D eigenvalue weighted by molar-refractivity contribution is 6.29. The molecule has 0 bridgehead atoms. The second-order valence-corrected chi connectivity index (χ2v) is 8.74. The molecule has 2 N–H and O–H groups in total. The van der Waals surface area contributed by atoms with Crippen molar-refractivity contribution in [3.05, 3.63) is 64.4 Å². The van der Waals surface area contributed by atoms with E-state index in [1.165, 1.54) is 30.4 Å². The van der Waals surface area contributed by atoms with E-state index in [4.69, 9.17) is 22.1 Å². The second-order valence-electron chi connectivity index (χ2n) is 8.35. The number of nitrogens with two attached hydrogens (primary N) is 1. The number of halogens is 1. The van der Waals surface area contributed by atoms with Crippen LogP contribution in [0.4, 0.5) is 0 Å². The second kappa shape index (κ2) is 12.9. The molecule has 0 aliphatic carbocycles. The Morgan fingerprint density at radius 2 is 1.66 bits per heavy atom. The molecule has 32 heavy (non-hydrogen) atoms. The number of nitriles is 1. The van der Waals surface area contributed by atoms with E-state index in [1.807, 2.05) is 6.07 Å². The summed E-state index contributed by atoms with van der Waals surface area (Å²) in [6.07, 6.45) is 5.33. The number of pyridine rings is 1. The first kappa shape index (κ1) is 24.6. The van der Waals surface area contributed by atoms with Crippen LogP contribution in [0, 0.1) is 18.3 Å². The highest BCUT2D eigenvalue weighted by Gasteiger charge is 2.22. The zero-order chi connectivity index (χ0) is 22.8. The number of likely N-dealkylation sites (tertiary alicyclic amines) is 1. The lowest BCUT2D eigenvalue weighted by Crippen LogP contribution is -2.41. The number of nitrogens with zero attached hydrogens (tertiary/aromatic N) is 4. The largest absolute Gasteiger partial charge is 0.379 e. The van der Waals surface area contributed by atoms with Crippen LogP contribution in [-0.2, 0) is 4.74 Å². The van der Waals surface area contributed by atoms with Crippen LogP contribution >= 0.6 is 11.6 Å². The number of piperidine rings is 1. The highest BCUT2D eigenvalue weighted by atomic mass is 35.5. The minimum absolute atomic E-state index is 0.176. The molecule has 6 nitrogen and oxygen atoms in total. The van der Waals surface area contributed by atoms with Crippen LogP contribution < -0.4 is 5.73 Å². The molecule has 2 atom stereocenters. The third-order valence-electron chi connectivity index (χ3n) is 6.12. The summed E-state index contributed by atoms with van der Waals surface area (Å²) in [4.78, 5) is 8.66. The van der Waals surface area contributed by atoms with Crippen LogP contribution in [0.15, 0.2) is 42.6 Å². The Hall–Kier alpha value is -2.01. The van der Waals surface area contributed by atoms with Crippen molar-refractivity contribution in [1.29, 1.82) is 5.26 Å². The molecule has 0 saturated carbocycles. The standard InChI is InChI=1S/C13H20N2O.C12H14ClN3/c1-11-2-4-12(5-3-11)13(10-14)15-6-8-16-9-7-15;13-12-5-4-10(9-15-12)11(8-14)16-6-2-1-3-7-16/h2-5,13H,6-10,14H2,1H3;4-5,9,11H,1-3,6-7H2. The first-order valence-corrected chi connectivity index (χ1v) is 11.8. The van der Waals surface area contributed by atoms with E-state index in [2.05, 4.69) is 52.0 Å². The van der Waals surface area contributed by atoms with Crippen molar-refractivity contribution in [1.82, 2.24) is 14.8 Å². The van der Waals surface area contributed by atoms with Gasteiger partial charge >= 0.3 is 0 Å². The number of ether oxygens (including phenoxy) is 1. The molecule has 172 valence electrons. The Morgan fingerprint density at radius 1 is 1.00 bits per heavy atom. The summed E-state index contributed by atoms with van der Waals surface area (Å²) in [5.74, 6) is 0. The molecule has 0 spiro atoms. The van der Waals surface area contributed by atoms with Crippen molar-refractivity contribution in [2.24, 2.45) is 5.73 Å². The zero-order valence-corrected chi connectivity index (χ0v) is 19.7. The minimum Gasteiger partial charge on any atom is -0.379 e. The smallest absolute Gasteiger partial charge is 0.129 e. The normalized spacial score (nSPS) is 19.3. The van der Waals surface area contributed by atoms with E-state index < -0.39 is 0 Å². The highest BCUT2D eigenvalue weighted by Crippen LogP contribution is 2.24. The monoisotopic (exact) mass is 455 g/mol. The number of aryl methyl sites for hydroxylation is 1. The van der Waals surface area contributed by atoms with Crippen LogP contribution in [-0.4, -0.2) is 60.7 Å². The van der Waals surface area contributed by atoms with Crippen molar-refractivity contribution >= 4 is 11.6 Å². The summed E-state index contributed by atoms with van der Waals surface area (Å²) < 4.78 is 5.37. The van der Waals surface area contributed by atoms with Gasteiger partial charge in [0.25, 0.3) is 0 Å². The number of aromatic nitrogens is 1. The van der Waals surface area contributed by atoms with E-state index in [0.29, 0.717) is 17.7 Å². The first-order valence-electron chi connectivity index (χ1n) is 11.5. The molecule has 2 aliphatic heterocycles. The third-order valence-corrected chi connectivity index (χ3v) is 6.34.